The molecule has 0 bridgehead atoms. The van der Waals surface area contributed by atoms with E-state index in [2.05, 4.69) is 42.5 Å². The van der Waals surface area contributed by atoms with Gasteiger partial charge in [-0.2, -0.15) is 0 Å². The van der Waals surface area contributed by atoms with Crippen LogP contribution in [0.2, 0.25) is 0 Å². The van der Waals surface area contributed by atoms with Crippen molar-refractivity contribution in [3.63, 3.8) is 0 Å². The van der Waals surface area contributed by atoms with Gasteiger partial charge in [-0.15, -0.1) is 0 Å². The molecule has 0 saturated carbocycles. The molecule has 0 aliphatic carbocycles. The van der Waals surface area contributed by atoms with E-state index >= 15 is 0 Å². The summed E-state index contributed by atoms with van der Waals surface area (Å²) in [6.45, 7) is 0.887. The monoisotopic (exact) mass is 202 g/mol. The number of epoxide rings is 1. The van der Waals surface area contributed by atoms with E-state index in [0.29, 0.717) is 6.10 Å². The molecular weight excluding hydrogens is 188 g/mol. The second kappa shape index (κ2) is 4.43. The second-order valence-corrected chi connectivity index (χ2v) is 3.43. The molecule has 3 rings (SSSR count). The Morgan fingerprint density at radius 2 is 1.73 bits per heavy atom. The zero-order chi connectivity index (χ0) is 10.7. The maximum Gasteiger partial charge on any atom is 0.106 e. The van der Waals surface area contributed by atoms with Crippen molar-refractivity contribution in [1.29, 1.82) is 0 Å². The van der Waals surface area contributed by atoms with E-state index in [1.54, 1.807) is 0 Å². The molecule has 0 spiro atoms. The summed E-state index contributed by atoms with van der Waals surface area (Å²) in [5.74, 6) is 0. The predicted molar refractivity (Wildman–Crippen MR) is 60.8 cm³/mol. The molecule has 2 aromatic carbocycles. The lowest BCUT2D eigenvalue weighted by Gasteiger charge is -1.99. The SMILES string of the molecule is CO.c1ccc2cc(C3CO3)ccc2c1. The Bertz CT molecular complexity index is 447. The Hall–Kier alpha value is -1.38. The van der Waals surface area contributed by atoms with Gasteiger partial charge in [0.2, 0.25) is 0 Å². The first kappa shape index (κ1) is 10.1. The standard InChI is InChI=1S/C12H10O.CH4O/c1-2-4-10-7-11(12-8-13-12)6-5-9(10)3-1;1-2/h1-7,12H,8H2;2H,1H3. The minimum Gasteiger partial charge on any atom is -0.400 e. The Labute approximate surface area is 89.1 Å². The maximum atomic E-state index is 7.00. The molecule has 1 fully saturated rings. The van der Waals surface area contributed by atoms with Crippen LogP contribution < -0.4 is 0 Å². The first-order valence-electron chi connectivity index (χ1n) is 4.98. The van der Waals surface area contributed by atoms with E-state index in [1.165, 1.54) is 16.3 Å². The lowest BCUT2D eigenvalue weighted by molar-refractivity contribution is 0.399. The third kappa shape index (κ3) is 2.17. The molecule has 0 amide bonds. The first-order chi connectivity index (χ1) is 7.43. The molecule has 78 valence electrons. The normalized spacial score (nSPS) is 18.1. The van der Waals surface area contributed by atoms with Crippen molar-refractivity contribution in [1.82, 2.24) is 0 Å². The lowest BCUT2D eigenvalue weighted by atomic mass is 10.1. The Kier molecular flexibility index (Phi) is 2.99. The highest BCUT2D eigenvalue weighted by Gasteiger charge is 2.24. The van der Waals surface area contributed by atoms with Gasteiger partial charge in [-0.05, 0) is 22.4 Å². The van der Waals surface area contributed by atoms with Crippen LogP contribution >= 0.6 is 0 Å². The van der Waals surface area contributed by atoms with E-state index in [4.69, 9.17) is 9.84 Å². The van der Waals surface area contributed by atoms with Crippen LogP contribution in [0, 0.1) is 0 Å². The highest BCUT2D eigenvalue weighted by molar-refractivity contribution is 5.83. The van der Waals surface area contributed by atoms with Gasteiger partial charge in [0, 0.05) is 7.11 Å². The van der Waals surface area contributed by atoms with Crippen molar-refractivity contribution in [2.24, 2.45) is 0 Å². The quantitative estimate of drug-likeness (QED) is 0.721. The summed E-state index contributed by atoms with van der Waals surface area (Å²) in [7, 11) is 1.00. The maximum absolute atomic E-state index is 7.00. The molecule has 1 saturated heterocycles. The largest absolute Gasteiger partial charge is 0.400 e. The average molecular weight is 202 g/mol. The van der Waals surface area contributed by atoms with Gasteiger partial charge >= 0.3 is 0 Å². The number of aliphatic hydroxyl groups is 1. The fourth-order valence-corrected chi connectivity index (χ4v) is 1.65. The molecule has 1 unspecified atom stereocenters. The van der Waals surface area contributed by atoms with Gasteiger partial charge in [0.05, 0.1) is 6.61 Å². The van der Waals surface area contributed by atoms with Gasteiger partial charge in [0.25, 0.3) is 0 Å². The van der Waals surface area contributed by atoms with E-state index in [-0.39, 0.29) is 0 Å². The Balaban J connectivity index is 0.000000404. The van der Waals surface area contributed by atoms with Crippen molar-refractivity contribution in [2.45, 2.75) is 6.10 Å². The minimum atomic E-state index is 0.365. The van der Waals surface area contributed by atoms with E-state index < -0.39 is 0 Å². The van der Waals surface area contributed by atoms with Gasteiger partial charge < -0.3 is 9.84 Å². The number of benzene rings is 2. The van der Waals surface area contributed by atoms with Crippen molar-refractivity contribution in [3.8, 4) is 0 Å². The average Bonchev–Trinajstić information content (AvgIpc) is 3.15. The van der Waals surface area contributed by atoms with Crippen molar-refractivity contribution < 1.29 is 9.84 Å². The predicted octanol–water partition coefficient (Wildman–Crippen LogP) is 2.52. The highest BCUT2D eigenvalue weighted by Crippen LogP contribution is 2.31. The van der Waals surface area contributed by atoms with Crippen LogP contribution in [0.4, 0.5) is 0 Å². The number of aliphatic hydroxyl groups excluding tert-OH is 1. The fourth-order valence-electron chi connectivity index (χ4n) is 1.65. The molecule has 1 heterocycles. The molecule has 2 nitrogen and oxygen atoms in total. The van der Waals surface area contributed by atoms with E-state index in [0.717, 1.165) is 13.7 Å². The summed E-state index contributed by atoms with van der Waals surface area (Å²) >= 11 is 0. The molecule has 2 heteroatoms. The number of ether oxygens (including phenoxy) is 1. The zero-order valence-corrected chi connectivity index (χ0v) is 8.68. The van der Waals surface area contributed by atoms with E-state index in [9.17, 15) is 0 Å². The van der Waals surface area contributed by atoms with Crippen molar-refractivity contribution in [2.75, 3.05) is 13.7 Å². The van der Waals surface area contributed by atoms with Crippen molar-refractivity contribution in [3.05, 3.63) is 48.0 Å². The summed E-state index contributed by atoms with van der Waals surface area (Å²) in [6.07, 6.45) is 0.365. The van der Waals surface area contributed by atoms with Crippen LogP contribution in [0.15, 0.2) is 42.5 Å². The summed E-state index contributed by atoms with van der Waals surface area (Å²) in [5, 5.41) is 9.60. The van der Waals surface area contributed by atoms with Crippen LogP contribution in [0.1, 0.15) is 11.7 Å². The number of hydrogen-bond donors (Lipinski definition) is 1. The van der Waals surface area contributed by atoms with Crippen LogP contribution in [0.3, 0.4) is 0 Å². The molecular formula is C13H14O2. The summed E-state index contributed by atoms with van der Waals surface area (Å²) in [4.78, 5) is 0. The molecule has 1 aliphatic rings. The summed E-state index contributed by atoms with van der Waals surface area (Å²) < 4.78 is 5.24. The van der Waals surface area contributed by atoms with Gasteiger partial charge in [-0.1, -0.05) is 36.4 Å². The number of fused-ring (bicyclic) bond motifs is 1. The van der Waals surface area contributed by atoms with Gasteiger partial charge in [0.1, 0.15) is 6.10 Å². The topological polar surface area (TPSA) is 32.8 Å². The van der Waals surface area contributed by atoms with Gasteiger partial charge in [0.15, 0.2) is 0 Å². The van der Waals surface area contributed by atoms with Crippen LogP contribution in [0.5, 0.6) is 0 Å². The van der Waals surface area contributed by atoms with Crippen LogP contribution in [-0.4, -0.2) is 18.8 Å². The molecule has 1 aliphatic heterocycles. The molecule has 15 heavy (non-hydrogen) atoms. The summed E-state index contributed by atoms with van der Waals surface area (Å²) in [5.41, 5.74) is 1.30. The number of hydrogen-bond acceptors (Lipinski definition) is 2. The number of rotatable bonds is 1. The highest BCUT2D eigenvalue weighted by atomic mass is 16.6. The smallest absolute Gasteiger partial charge is 0.106 e. The van der Waals surface area contributed by atoms with Crippen molar-refractivity contribution >= 4 is 10.8 Å². The fraction of sp³-hybridized carbons (Fsp3) is 0.231. The molecule has 0 radical (unpaired) electrons. The van der Waals surface area contributed by atoms with E-state index in [1.807, 2.05) is 0 Å². The molecule has 0 aromatic heterocycles. The van der Waals surface area contributed by atoms with Crippen LogP contribution in [0.25, 0.3) is 10.8 Å². The zero-order valence-electron chi connectivity index (χ0n) is 8.68. The van der Waals surface area contributed by atoms with Crippen LogP contribution in [-0.2, 0) is 4.74 Å². The third-order valence-electron chi connectivity index (χ3n) is 2.48. The molecule has 2 aromatic rings. The van der Waals surface area contributed by atoms with Gasteiger partial charge in [-0.3, -0.25) is 0 Å². The third-order valence-corrected chi connectivity index (χ3v) is 2.48. The summed E-state index contributed by atoms with van der Waals surface area (Å²) in [6, 6.07) is 14.9. The first-order valence-corrected chi connectivity index (χ1v) is 4.98. The lowest BCUT2D eigenvalue weighted by Crippen LogP contribution is -1.80. The molecule has 1 N–H and O–H groups in total. The minimum absolute atomic E-state index is 0.365. The van der Waals surface area contributed by atoms with Gasteiger partial charge in [-0.25, -0.2) is 0 Å². The Morgan fingerprint density at radius 1 is 1.07 bits per heavy atom. The second-order valence-electron chi connectivity index (χ2n) is 3.43. The Morgan fingerprint density at radius 3 is 2.40 bits per heavy atom. The molecule has 1 atom stereocenters.